The molecule has 0 unspecified atom stereocenters. The van der Waals surface area contributed by atoms with Gasteiger partial charge < -0.3 is 20.9 Å². The van der Waals surface area contributed by atoms with Crippen LogP contribution in [-0.4, -0.2) is 30.0 Å². The summed E-state index contributed by atoms with van der Waals surface area (Å²) in [6.07, 6.45) is 0. The van der Waals surface area contributed by atoms with Crippen molar-refractivity contribution in [2.45, 2.75) is 13.5 Å². The van der Waals surface area contributed by atoms with Gasteiger partial charge in [-0.2, -0.15) is 0 Å². The minimum atomic E-state index is -0.933. The maximum Gasteiger partial charge on any atom is 0.315 e. The highest BCUT2D eigenvalue weighted by Gasteiger charge is 2.16. The molecule has 3 aromatic rings. The maximum atomic E-state index is 13.5. The van der Waals surface area contributed by atoms with Gasteiger partial charge >= 0.3 is 6.03 Å². The van der Waals surface area contributed by atoms with Crippen LogP contribution >= 0.6 is 0 Å². The topological polar surface area (TPSA) is 86.0 Å². The van der Waals surface area contributed by atoms with Gasteiger partial charge in [0.15, 0.2) is 0 Å². The summed E-state index contributed by atoms with van der Waals surface area (Å²) in [6, 6.07) is 10.7. The maximum absolute atomic E-state index is 13.5. The molecule has 0 bridgehead atoms. The molecular weight excluding hydrogens is 366 g/mol. The largest absolute Gasteiger partial charge is 0.359 e. The lowest BCUT2D eigenvalue weighted by Crippen LogP contribution is -2.40. The standard InChI is InChI=1S/C20H20F2N4O2/c1-12-9-14-6-5-13(10-17(14)26-12)11-25-20(28)24-8-7-23-19(27)18-15(21)3-2-4-16(18)22/h2-6,9-10,26H,7-8,11H2,1H3,(H,23,27)(H2,24,25,28). The van der Waals surface area contributed by atoms with Crippen LogP contribution in [0.1, 0.15) is 21.6 Å². The Morgan fingerprint density at radius 1 is 0.964 bits per heavy atom. The minimum Gasteiger partial charge on any atom is -0.359 e. The quantitative estimate of drug-likeness (QED) is 0.491. The van der Waals surface area contributed by atoms with Crippen LogP contribution in [0.25, 0.3) is 10.9 Å². The second-order valence-electron chi connectivity index (χ2n) is 6.34. The Morgan fingerprint density at radius 3 is 2.43 bits per heavy atom. The summed E-state index contributed by atoms with van der Waals surface area (Å²) in [5, 5.41) is 8.75. The van der Waals surface area contributed by atoms with Crippen molar-refractivity contribution in [3.63, 3.8) is 0 Å². The number of urea groups is 1. The summed E-state index contributed by atoms with van der Waals surface area (Å²) in [6.45, 7) is 2.47. The summed E-state index contributed by atoms with van der Waals surface area (Å²) in [5.41, 5.74) is 2.37. The van der Waals surface area contributed by atoms with Gasteiger partial charge in [-0.1, -0.05) is 18.2 Å². The van der Waals surface area contributed by atoms with Crippen LogP contribution < -0.4 is 16.0 Å². The predicted molar refractivity (Wildman–Crippen MR) is 102 cm³/mol. The van der Waals surface area contributed by atoms with Crippen molar-refractivity contribution in [1.29, 1.82) is 0 Å². The van der Waals surface area contributed by atoms with Crippen molar-refractivity contribution in [2.75, 3.05) is 13.1 Å². The molecule has 0 fully saturated rings. The molecule has 8 heteroatoms. The molecule has 3 rings (SSSR count). The monoisotopic (exact) mass is 386 g/mol. The first-order valence-electron chi connectivity index (χ1n) is 8.76. The average molecular weight is 386 g/mol. The van der Waals surface area contributed by atoms with Gasteiger partial charge in [-0.05, 0) is 42.1 Å². The molecule has 1 heterocycles. The molecular formula is C20H20F2N4O2. The highest BCUT2D eigenvalue weighted by Crippen LogP contribution is 2.16. The molecule has 0 spiro atoms. The average Bonchev–Trinajstić information content (AvgIpc) is 3.02. The Bertz CT molecular complexity index is 996. The van der Waals surface area contributed by atoms with Crippen LogP contribution in [0.2, 0.25) is 0 Å². The van der Waals surface area contributed by atoms with E-state index in [1.54, 1.807) is 0 Å². The third kappa shape index (κ3) is 4.64. The summed E-state index contributed by atoms with van der Waals surface area (Å²) < 4.78 is 27.0. The molecule has 0 saturated carbocycles. The molecule has 0 aliphatic rings. The summed E-state index contributed by atoms with van der Waals surface area (Å²) in [7, 11) is 0. The fourth-order valence-electron chi connectivity index (χ4n) is 2.83. The molecule has 0 atom stereocenters. The number of fused-ring (bicyclic) bond motifs is 1. The molecule has 6 nitrogen and oxygen atoms in total. The zero-order valence-corrected chi connectivity index (χ0v) is 15.2. The van der Waals surface area contributed by atoms with E-state index in [1.165, 1.54) is 6.07 Å². The van der Waals surface area contributed by atoms with Crippen LogP contribution in [0.15, 0.2) is 42.5 Å². The van der Waals surface area contributed by atoms with E-state index in [2.05, 4.69) is 20.9 Å². The molecule has 0 saturated heterocycles. The van der Waals surface area contributed by atoms with Gasteiger partial charge in [-0.15, -0.1) is 0 Å². The van der Waals surface area contributed by atoms with E-state index < -0.39 is 29.1 Å². The highest BCUT2D eigenvalue weighted by molar-refractivity contribution is 5.94. The molecule has 4 N–H and O–H groups in total. The lowest BCUT2D eigenvalue weighted by atomic mass is 10.1. The Hall–Kier alpha value is -3.42. The molecule has 2 aromatic carbocycles. The van der Waals surface area contributed by atoms with Crippen LogP contribution in [-0.2, 0) is 6.54 Å². The number of nitrogens with one attached hydrogen (secondary N) is 4. The van der Waals surface area contributed by atoms with Crippen molar-refractivity contribution < 1.29 is 18.4 Å². The number of benzene rings is 2. The fourth-order valence-corrected chi connectivity index (χ4v) is 2.83. The van der Waals surface area contributed by atoms with Gasteiger partial charge in [0.2, 0.25) is 0 Å². The summed E-state index contributed by atoms with van der Waals surface area (Å²) >= 11 is 0. The lowest BCUT2D eigenvalue weighted by Gasteiger charge is -2.09. The lowest BCUT2D eigenvalue weighted by molar-refractivity contribution is 0.0945. The van der Waals surface area contributed by atoms with Gasteiger partial charge in [-0.3, -0.25) is 4.79 Å². The first-order valence-corrected chi connectivity index (χ1v) is 8.76. The summed E-state index contributed by atoms with van der Waals surface area (Å²) in [4.78, 5) is 26.9. The van der Waals surface area contributed by atoms with E-state index in [0.29, 0.717) is 6.54 Å². The van der Waals surface area contributed by atoms with Crippen LogP contribution in [0, 0.1) is 18.6 Å². The van der Waals surface area contributed by atoms with Gasteiger partial charge in [-0.25, -0.2) is 13.6 Å². The number of aromatic amines is 1. The van der Waals surface area contributed by atoms with Crippen molar-refractivity contribution in [3.05, 3.63) is 70.9 Å². The number of amides is 3. The van der Waals surface area contributed by atoms with Gasteiger partial charge in [0, 0.05) is 30.8 Å². The third-order valence-electron chi connectivity index (χ3n) is 4.16. The van der Waals surface area contributed by atoms with Crippen LogP contribution in [0.5, 0.6) is 0 Å². The Labute approximate surface area is 160 Å². The number of hydrogen-bond donors (Lipinski definition) is 4. The molecule has 0 aliphatic heterocycles. The van der Waals surface area contributed by atoms with E-state index in [-0.39, 0.29) is 13.1 Å². The van der Waals surface area contributed by atoms with Gasteiger partial charge in [0.25, 0.3) is 5.91 Å². The van der Waals surface area contributed by atoms with Crippen molar-refractivity contribution in [3.8, 4) is 0 Å². The fraction of sp³-hybridized carbons (Fsp3) is 0.200. The SMILES string of the molecule is Cc1cc2ccc(CNC(=O)NCCNC(=O)c3c(F)cccc3F)cc2[nH]1. The van der Waals surface area contributed by atoms with Gasteiger partial charge in [0.1, 0.15) is 17.2 Å². The smallest absolute Gasteiger partial charge is 0.315 e. The number of rotatable bonds is 6. The third-order valence-corrected chi connectivity index (χ3v) is 4.16. The number of hydrogen-bond acceptors (Lipinski definition) is 2. The number of carbonyl (C=O) groups excluding carboxylic acids is 2. The first-order chi connectivity index (χ1) is 13.4. The molecule has 3 amide bonds. The zero-order valence-electron chi connectivity index (χ0n) is 15.2. The normalized spacial score (nSPS) is 10.7. The van der Waals surface area contributed by atoms with Crippen LogP contribution in [0.4, 0.5) is 13.6 Å². The van der Waals surface area contributed by atoms with Gasteiger partial charge in [0.05, 0.1) is 0 Å². The first kappa shape index (κ1) is 19.3. The Kier molecular flexibility index (Phi) is 5.88. The number of carbonyl (C=O) groups is 2. The summed E-state index contributed by atoms with van der Waals surface area (Å²) in [5.74, 6) is -2.73. The Morgan fingerprint density at radius 2 is 1.68 bits per heavy atom. The van der Waals surface area contributed by atoms with E-state index in [4.69, 9.17) is 0 Å². The van der Waals surface area contributed by atoms with Crippen molar-refractivity contribution >= 4 is 22.8 Å². The van der Waals surface area contributed by atoms with Crippen molar-refractivity contribution in [2.24, 2.45) is 0 Å². The van der Waals surface area contributed by atoms with Crippen molar-refractivity contribution in [1.82, 2.24) is 20.9 Å². The number of halogens is 2. The molecule has 28 heavy (non-hydrogen) atoms. The Balaban J connectivity index is 1.41. The van der Waals surface area contributed by atoms with E-state index in [9.17, 15) is 18.4 Å². The van der Waals surface area contributed by atoms with Crippen LogP contribution in [0.3, 0.4) is 0 Å². The highest BCUT2D eigenvalue weighted by atomic mass is 19.1. The molecule has 1 aromatic heterocycles. The van der Waals surface area contributed by atoms with E-state index >= 15 is 0 Å². The predicted octanol–water partition coefficient (Wildman–Crippen LogP) is 2.98. The number of aromatic nitrogens is 1. The second kappa shape index (κ2) is 8.51. The minimum absolute atomic E-state index is 0.0355. The van der Waals surface area contributed by atoms with E-state index in [0.717, 1.165) is 34.3 Å². The second-order valence-corrected chi connectivity index (χ2v) is 6.34. The van der Waals surface area contributed by atoms with E-state index in [1.807, 2.05) is 31.2 Å². The molecule has 146 valence electrons. The molecule has 0 radical (unpaired) electrons. The number of aryl methyl sites for hydroxylation is 1. The molecule has 0 aliphatic carbocycles. The number of H-pyrrole nitrogens is 1. The zero-order chi connectivity index (χ0) is 20.1.